The van der Waals surface area contributed by atoms with Crippen molar-refractivity contribution in [3.63, 3.8) is 0 Å². The van der Waals surface area contributed by atoms with E-state index in [9.17, 15) is 14.4 Å². The fraction of sp³-hybridized carbons (Fsp3) is 0.214. The van der Waals surface area contributed by atoms with Gasteiger partial charge in [0.2, 0.25) is 11.8 Å². The first-order valence-corrected chi connectivity index (χ1v) is 12.3. The molecule has 188 valence electrons. The summed E-state index contributed by atoms with van der Waals surface area (Å²) in [6, 6.07) is 15.9. The van der Waals surface area contributed by atoms with Gasteiger partial charge in [0.15, 0.2) is 0 Å². The highest BCUT2D eigenvalue weighted by atomic mass is 35.5. The van der Waals surface area contributed by atoms with Gasteiger partial charge in [-0.1, -0.05) is 35.9 Å². The fourth-order valence-electron chi connectivity index (χ4n) is 4.71. The van der Waals surface area contributed by atoms with E-state index in [0.717, 1.165) is 11.1 Å². The molecule has 1 saturated heterocycles. The van der Waals surface area contributed by atoms with Gasteiger partial charge in [0, 0.05) is 42.0 Å². The number of carbonyl (C=O) groups is 3. The highest BCUT2D eigenvalue weighted by molar-refractivity contribution is 6.32. The van der Waals surface area contributed by atoms with E-state index >= 15 is 0 Å². The summed E-state index contributed by atoms with van der Waals surface area (Å²) >= 11 is 6.30. The van der Waals surface area contributed by atoms with Crippen LogP contribution in [0.5, 0.6) is 0 Å². The van der Waals surface area contributed by atoms with Crippen molar-refractivity contribution in [2.75, 3.05) is 23.8 Å². The second kappa shape index (κ2) is 10.5. The van der Waals surface area contributed by atoms with Crippen LogP contribution in [0, 0.1) is 0 Å². The van der Waals surface area contributed by atoms with Crippen LogP contribution in [-0.4, -0.2) is 35.9 Å². The summed E-state index contributed by atoms with van der Waals surface area (Å²) in [5.41, 5.74) is 2.87. The summed E-state index contributed by atoms with van der Waals surface area (Å²) in [7, 11) is 0. The molecule has 0 aliphatic carbocycles. The molecule has 5 rings (SSSR count). The third-order valence-electron chi connectivity index (χ3n) is 6.66. The molecule has 0 radical (unpaired) electrons. The number of amides is 3. The number of aromatic nitrogens is 1. The number of rotatable bonds is 6. The summed E-state index contributed by atoms with van der Waals surface area (Å²) < 4.78 is 5.46. The van der Waals surface area contributed by atoms with Crippen LogP contribution in [-0.2, 0) is 31.0 Å². The molecule has 3 heterocycles. The van der Waals surface area contributed by atoms with E-state index in [1.807, 2.05) is 6.07 Å². The maximum atomic E-state index is 13.3. The first-order chi connectivity index (χ1) is 17.9. The van der Waals surface area contributed by atoms with Gasteiger partial charge in [-0.3, -0.25) is 19.4 Å². The number of halogens is 1. The molecule has 3 amide bonds. The third kappa shape index (κ3) is 5.26. The molecule has 3 aromatic rings. The van der Waals surface area contributed by atoms with E-state index in [-0.39, 0.29) is 23.9 Å². The Kier molecular flexibility index (Phi) is 7.03. The van der Waals surface area contributed by atoms with Gasteiger partial charge in [0.1, 0.15) is 5.70 Å². The number of hydrogen-bond acceptors (Lipinski definition) is 5. The van der Waals surface area contributed by atoms with Crippen molar-refractivity contribution in [3.8, 4) is 0 Å². The molecule has 9 heteroatoms. The molecule has 0 unspecified atom stereocenters. The molecular weight excluding hydrogens is 492 g/mol. The van der Waals surface area contributed by atoms with Crippen LogP contribution in [0.1, 0.15) is 29.5 Å². The SMILES string of the molecule is O=C(Cc1ccncc1)NC(=Cc1ccccc1Cl)C(=O)Nc1ccc2c(c1)NC(=O)C21CCOCC1. The molecule has 1 aromatic heterocycles. The standard InChI is InChI=1S/C28H25ClN4O4/c29-22-4-2-1-3-19(22)16-24(32-25(34)15-18-7-11-30-12-8-18)26(35)31-20-5-6-21-23(17-20)33-27(36)28(21)9-13-37-14-10-28/h1-8,11-12,16-17H,9-10,13-15H2,(H,31,35)(H,32,34)(H,33,36). The number of carbonyl (C=O) groups excluding carboxylic acids is 3. The molecule has 0 bridgehead atoms. The maximum absolute atomic E-state index is 13.3. The van der Waals surface area contributed by atoms with Gasteiger partial charge in [-0.2, -0.15) is 0 Å². The maximum Gasteiger partial charge on any atom is 0.272 e. The average Bonchev–Trinajstić information content (AvgIpc) is 3.15. The summed E-state index contributed by atoms with van der Waals surface area (Å²) in [5, 5.41) is 8.95. The Hall–Kier alpha value is -4.01. The summed E-state index contributed by atoms with van der Waals surface area (Å²) in [5.74, 6) is -0.924. The Morgan fingerprint density at radius 1 is 1.08 bits per heavy atom. The van der Waals surface area contributed by atoms with Crippen molar-refractivity contribution in [2.24, 2.45) is 0 Å². The van der Waals surface area contributed by atoms with Crippen LogP contribution >= 0.6 is 11.6 Å². The van der Waals surface area contributed by atoms with Crippen LogP contribution in [0.15, 0.2) is 72.7 Å². The van der Waals surface area contributed by atoms with Crippen LogP contribution < -0.4 is 16.0 Å². The first kappa shape index (κ1) is 24.7. The minimum atomic E-state index is -0.591. The van der Waals surface area contributed by atoms with Crippen molar-refractivity contribution in [3.05, 3.63) is 94.4 Å². The van der Waals surface area contributed by atoms with Gasteiger partial charge < -0.3 is 20.7 Å². The predicted octanol–water partition coefficient (Wildman–Crippen LogP) is 4.07. The lowest BCUT2D eigenvalue weighted by molar-refractivity contribution is -0.124. The lowest BCUT2D eigenvalue weighted by atomic mass is 9.75. The largest absolute Gasteiger partial charge is 0.381 e. The van der Waals surface area contributed by atoms with Crippen LogP contribution in [0.3, 0.4) is 0 Å². The summed E-state index contributed by atoms with van der Waals surface area (Å²) in [6.07, 6.45) is 6.05. The quantitative estimate of drug-likeness (QED) is 0.428. The van der Waals surface area contributed by atoms with Crippen molar-refractivity contribution < 1.29 is 19.1 Å². The molecule has 2 aromatic carbocycles. The smallest absolute Gasteiger partial charge is 0.272 e. The Balaban J connectivity index is 1.38. The predicted molar refractivity (Wildman–Crippen MR) is 141 cm³/mol. The number of ether oxygens (including phenoxy) is 1. The Bertz CT molecular complexity index is 1380. The van der Waals surface area contributed by atoms with Gasteiger partial charge >= 0.3 is 0 Å². The monoisotopic (exact) mass is 516 g/mol. The van der Waals surface area contributed by atoms with Gasteiger partial charge in [0.05, 0.1) is 11.8 Å². The molecule has 0 saturated carbocycles. The van der Waals surface area contributed by atoms with Crippen molar-refractivity contribution in [1.82, 2.24) is 10.3 Å². The fourth-order valence-corrected chi connectivity index (χ4v) is 4.90. The number of benzene rings is 2. The van der Waals surface area contributed by atoms with Crippen LogP contribution in [0.2, 0.25) is 5.02 Å². The summed E-state index contributed by atoms with van der Waals surface area (Å²) in [4.78, 5) is 42.9. The second-order valence-corrected chi connectivity index (χ2v) is 9.43. The third-order valence-corrected chi connectivity index (χ3v) is 7.00. The molecule has 3 N–H and O–H groups in total. The van der Waals surface area contributed by atoms with Crippen molar-refractivity contribution in [1.29, 1.82) is 0 Å². The molecular formula is C28H25ClN4O4. The Morgan fingerprint density at radius 3 is 2.59 bits per heavy atom. The minimum absolute atomic E-state index is 0.0394. The molecule has 1 fully saturated rings. The normalized spacial score (nSPS) is 16.1. The number of nitrogens with one attached hydrogen (secondary N) is 3. The number of anilines is 2. The van der Waals surface area contributed by atoms with Gasteiger partial charge in [-0.05, 0) is 65.9 Å². The van der Waals surface area contributed by atoms with E-state index in [4.69, 9.17) is 16.3 Å². The van der Waals surface area contributed by atoms with Crippen LogP contribution in [0.4, 0.5) is 11.4 Å². The second-order valence-electron chi connectivity index (χ2n) is 9.02. The number of fused-ring (bicyclic) bond motifs is 2. The van der Waals surface area contributed by atoms with Crippen molar-refractivity contribution in [2.45, 2.75) is 24.7 Å². The highest BCUT2D eigenvalue weighted by Crippen LogP contribution is 2.45. The molecule has 2 aliphatic rings. The zero-order valence-corrected chi connectivity index (χ0v) is 20.7. The first-order valence-electron chi connectivity index (χ1n) is 11.9. The lowest BCUT2D eigenvalue weighted by Gasteiger charge is -2.31. The Morgan fingerprint density at radius 2 is 1.84 bits per heavy atom. The number of nitrogens with zero attached hydrogens (tertiary/aromatic N) is 1. The molecule has 0 atom stereocenters. The Labute approximate surface area is 219 Å². The minimum Gasteiger partial charge on any atom is -0.381 e. The molecule has 8 nitrogen and oxygen atoms in total. The average molecular weight is 517 g/mol. The van der Waals surface area contributed by atoms with E-state index in [0.29, 0.717) is 48.0 Å². The number of pyridine rings is 1. The van der Waals surface area contributed by atoms with Crippen molar-refractivity contribution >= 4 is 46.8 Å². The van der Waals surface area contributed by atoms with Gasteiger partial charge in [0.25, 0.3) is 5.91 Å². The van der Waals surface area contributed by atoms with E-state index in [1.165, 1.54) is 6.08 Å². The zero-order chi connectivity index (χ0) is 25.8. The molecule has 37 heavy (non-hydrogen) atoms. The van der Waals surface area contributed by atoms with Crippen LogP contribution in [0.25, 0.3) is 6.08 Å². The number of hydrogen-bond donors (Lipinski definition) is 3. The van der Waals surface area contributed by atoms with Gasteiger partial charge in [-0.15, -0.1) is 0 Å². The molecule has 2 aliphatic heterocycles. The lowest BCUT2D eigenvalue weighted by Crippen LogP contribution is -2.39. The molecule has 1 spiro atoms. The zero-order valence-electron chi connectivity index (χ0n) is 19.9. The van der Waals surface area contributed by atoms with E-state index in [2.05, 4.69) is 20.9 Å². The summed E-state index contributed by atoms with van der Waals surface area (Å²) in [6.45, 7) is 1.06. The van der Waals surface area contributed by atoms with Gasteiger partial charge in [-0.25, -0.2) is 0 Å². The van der Waals surface area contributed by atoms with E-state index in [1.54, 1.807) is 60.9 Å². The topological polar surface area (TPSA) is 109 Å². The van der Waals surface area contributed by atoms with E-state index < -0.39 is 11.3 Å². The highest BCUT2D eigenvalue weighted by Gasteiger charge is 2.47.